The largest absolute Gasteiger partial charge is 0.497 e. The molecule has 0 aliphatic rings. The summed E-state index contributed by atoms with van der Waals surface area (Å²) < 4.78 is 11.0. The maximum atomic E-state index is 13.7. The number of hydrogen-bond acceptors (Lipinski definition) is 4. The van der Waals surface area contributed by atoms with Crippen LogP contribution in [0.2, 0.25) is 0 Å². The summed E-state index contributed by atoms with van der Waals surface area (Å²) in [6.07, 6.45) is 1.24. The summed E-state index contributed by atoms with van der Waals surface area (Å²) >= 11 is 0. The van der Waals surface area contributed by atoms with Crippen molar-refractivity contribution < 1.29 is 19.1 Å². The van der Waals surface area contributed by atoms with Crippen molar-refractivity contribution in [3.8, 4) is 11.5 Å². The molecule has 3 aromatic rings. The van der Waals surface area contributed by atoms with E-state index in [9.17, 15) is 9.59 Å². The van der Waals surface area contributed by atoms with Crippen LogP contribution in [0.1, 0.15) is 50.3 Å². The molecule has 38 heavy (non-hydrogen) atoms. The summed E-state index contributed by atoms with van der Waals surface area (Å²) in [5.74, 6) is 1.26. The molecule has 6 nitrogen and oxygen atoms in total. The molecule has 2 amide bonds. The van der Waals surface area contributed by atoms with Crippen LogP contribution in [0.3, 0.4) is 0 Å². The normalized spacial score (nSPS) is 11.9. The Morgan fingerprint density at radius 1 is 0.895 bits per heavy atom. The summed E-state index contributed by atoms with van der Waals surface area (Å²) in [7, 11) is 1.62. The molecule has 0 aliphatic carbocycles. The molecule has 0 aliphatic heterocycles. The van der Waals surface area contributed by atoms with Crippen molar-refractivity contribution >= 4 is 11.8 Å². The Bertz CT molecular complexity index is 1170. The van der Waals surface area contributed by atoms with Gasteiger partial charge in [0.2, 0.25) is 11.8 Å². The van der Waals surface area contributed by atoms with Gasteiger partial charge in [-0.1, -0.05) is 54.6 Å². The summed E-state index contributed by atoms with van der Waals surface area (Å²) in [4.78, 5) is 29.1. The van der Waals surface area contributed by atoms with Crippen LogP contribution in [0.5, 0.6) is 11.5 Å². The van der Waals surface area contributed by atoms with Gasteiger partial charge in [0.25, 0.3) is 0 Å². The first-order chi connectivity index (χ1) is 18.2. The number of methoxy groups -OCH3 is 1. The van der Waals surface area contributed by atoms with Gasteiger partial charge in [-0.3, -0.25) is 9.59 Å². The van der Waals surface area contributed by atoms with E-state index in [2.05, 4.69) is 5.32 Å². The minimum absolute atomic E-state index is 0.0726. The molecule has 3 rings (SSSR count). The Kier molecular flexibility index (Phi) is 10.3. The molecule has 0 heterocycles. The third-order valence-electron chi connectivity index (χ3n) is 6.23. The molecular formula is C32H40N2O4. The molecule has 0 radical (unpaired) electrons. The Labute approximate surface area is 227 Å². The van der Waals surface area contributed by atoms with Gasteiger partial charge in [0.1, 0.15) is 17.5 Å². The predicted molar refractivity (Wildman–Crippen MR) is 151 cm³/mol. The van der Waals surface area contributed by atoms with Crippen LogP contribution >= 0.6 is 0 Å². The first-order valence-corrected chi connectivity index (χ1v) is 13.1. The zero-order chi connectivity index (χ0) is 27.5. The number of hydrogen-bond donors (Lipinski definition) is 1. The van der Waals surface area contributed by atoms with E-state index >= 15 is 0 Å². The highest BCUT2D eigenvalue weighted by Gasteiger charge is 2.32. The molecule has 0 aromatic heterocycles. The molecule has 1 atom stereocenters. The molecule has 0 saturated heterocycles. The number of benzene rings is 3. The number of amides is 2. The zero-order valence-corrected chi connectivity index (χ0v) is 23.2. The zero-order valence-electron chi connectivity index (χ0n) is 23.2. The molecular weight excluding hydrogens is 476 g/mol. The standard InChI is InChI=1S/C32H40N2O4/c1-24-12-9-10-15-26(24)23-34(30(35)16-11-21-38-28-19-17-27(37-5)18-20-28)29(31(36)33-32(2,3)4)22-25-13-7-6-8-14-25/h6-10,12-15,17-20,29H,11,16,21-23H2,1-5H3,(H,33,36)/t29-/m1/s1. The number of nitrogens with zero attached hydrogens (tertiary/aromatic N) is 1. The fourth-order valence-electron chi connectivity index (χ4n) is 4.21. The molecule has 0 unspecified atom stereocenters. The van der Waals surface area contributed by atoms with Crippen molar-refractivity contribution in [1.82, 2.24) is 10.2 Å². The van der Waals surface area contributed by atoms with E-state index in [1.807, 2.05) is 107 Å². The summed E-state index contributed by atoms with van der Waals surface area (Å²) in [5.41, 5.74) is 2.70. The van der Waals surface area contributed by atoms with Gasteiger partial charge in [-0.2, -0.15) is 0 Å². The summed E-state index contributed by atoms with van der Waals surface area (Å²) in [5, 5.41) is 3.11. The van der Waals surface area contributed by atoms with Gasteiger partial charge in [0.05, 0.1) is 13.7 Å². The average Bonchev–Trinajstić information content (AvgIpc) is 2.89. The van der Waals surface area contributed by atoms with Gasteiger partial charge in [-0.15, -0.1) is 0 Å². The van der Waals surface area contributed by atoms with Crippen LogP contribution in [0.4, 0.5) is 0 Å². The summed E-state index contributed by atoms with van der Waals surface area (Å²) in [6.45, 7) is 8.65. The van der Waals surface area contributed by atoms with Crippen LogP contribution in [-0.2, 0) is 22.6 Å². The molecule has 0 fully saturated rings. The molecule has 3 aromatic carbocycles. The smallest absolute Gasteiger partial charge is 0.243 e. The molecule has 1 N–H and O–H groups in total. The second-order valence-electron chi connectivity index (χ2n) is 10.5. The summed E-state index contributed by atoms with van der Waals surface area (Å²) in [6, 6.07) is 24.6. The Balaban J connectivity index is 1.80. The number of aryl methyl sites for hydroxylation is 1. The highest BCUT2D eigenvalue weighted by Crippen LogP contribution is 2.20. The van der Waals surface area contributed by atoms with Crippen molar-refractivity contribution in [2.45, 2.75) is 65.1 Å². The van der Waals surface area contributed by atoms with Crippen molar-refractivity contribution in [2.75, 3.05) is 13.7 Å². The SMILES string of the molecule is COc1ccc(OCCCC(=O)N(Cc2ccccc2C)[C@H](Cc2ccccc2)C(=O)NC(C)(C)C)cc1. The monoisotopic (exact) mass is 516 g/mol. The first-order valence-electron chi connectivity index (χ1n) is 13.1. The number of nitrogens with one attached hydrogen (secondary N) is 1. The predicted octanol–water partition coefficient (Wildman–Crippen LogP) is 5.72. The van der Waals surface area contributed by atoms with E-state index in [4.69, 9.17) is 9.47 Å². The van der Waals surface area contributed by atoms with E-state index in [-0.39, 0.29) is 18.2 Å². The Morgan fingerprint density at radius 3 is 2.16 bits per heavy atom. The highest BCUT2D eigenvalue weighted by atomic mass is 16.5. The van der Waals surface area contributed by atoms with Gasteiger partial charge in [0.15, 0.2) is 0 Å². The van der Waals surface area contributed by atoms with E-state index in [0.29, 0.717) is 26.0 Å². The molecule has 202 valence electrons. The second-order valence-corrected chi connectivity index (χ2v) is 10.5. The lowest BCUT2D eigenvalue weighted by atomic mass is 9.99. The third-order valence-corrected chi connectivity index (χ3v) is 6.23. The first kappa shape index (κ1) is 28.8. The van der Waals surface area contributed by atoms with Crippen LogP contribution in [0, 0.1) is 6.92 Å². The minimum Gasteiger partial charge on any atom is -0.497 e. The topological polar surface area (TPSA) is 67.9 Å². The third kappa shape index (κ3) is 8.94. The number of carbonyl (C=O) groups excluding carboxylic acids is 2. The van der Waals surface area contributed by atoms with E-state index in [1.54, 1.807) is 12.0 Å². The van der Waals surface area contributed by atoms with Gasteiger partial charge < -0.3 is 19.7 Å². The fourth-order valence-corrected chi connectivity index (χ4v) is 4.21. The lowest BCUT2D eigenvalue weighted by molar-refractivity contribution is -0.142. The number of rotatable bonds is 12. The van der Waals surface area contributed by atoms with Crippen LogP contribution in [0.15, 0.2) is 78.9 Å². The van der Waals surface area contributed by atoms with Crippen molar-refractivity contribution in [1.29, 1.82) is 0 Å². The molecule has 0 spiro atoms. The van der Waals surface area contributed by atoms with E-state index in [1.165, 1.54) is 0 Å². The highest BCUT2D eigenvalue weighted by molar-refractivity contribution is 5.88. The van der Waals surface area contributed by atoms with Crippen molar-refractivity contribution in [3.63, 3.8) is 0 Å². The molecule has 6 heteroatoms. The van der Waals surface area contributed by atoms with Gasteiger partial charge in [-0.25, -0.2) is 0 Å². The Morgan fingerprint density at radius 2 is 1.53 bits per heavy atom. The lowest BCUT2D eigenvalue weighted by Crippen LogP contribution is -2.54. The van der Waals surface area contributed by atoms with Gasteiger partial charge >= 0.3 is 0 Å². The van der Waals surface area contributed by atoms with E-state index < -0.39 is 11.6 Å². The minimum atomic E-state index is -0.647. The quantitative estimate of drug-likeness (QED) is 0.313. The molecule has 0 bridgehead atoms. The van der Waals surface area contributed by atoms with Crippen LogP contribution < -0.4 is 14.8 Å². The van der Waals surface area contributed by atoms with Crippen molar-refractivity contribution in [3.05, 3.63) is 95.6 Å². The van der Waals surface area contributed by atoms with Gasteiger partial charge in [0, 0.05) is 24.9 Å². The second kappa shape index (κ2) is 13.7. The van der Waals surface area contributed by atoms with E-state index in [0.717, 1.165) is 28.2 Å². The fraction of sp³-hybridized carbons (Fsp3) is 0.375. The molecule has 0 saturated carbocycles. The van der Waals surface area contributed by atoms with Crippen molar-refractivity contribution in [2.24, 2.45) is 0 Å². The maximum Gasteiger partial charge on any atom is 0.243 e. The number of ether oxygens (including phenoxy) is 2. The lowest BCUT2D eigenvalue weighted by Gasteiger charge is -2.34. The van der Waals surface area contributed by atoms with Crippen LogP contribution in [0.25, 0.3) is 0 Å². The van der Waals surface area contributed by atoms with Gasteiger partial charge in [-0.05, 0) is 75.1 Å². The number of carbonyl (C=O) groups is 2. The Hall–Kier alpha value is -3.80. The average molecular weight is 517 g/mol. The van der Waals surface area contributed by atoms with Crippen LogP contribution in [-0.4, -0.2) is 42.0 Å². The maximum absolute atomic E-state index is 13.7.